The van der Waals surface area contributed by atoms with Crippen molar-refractivity contribution in [1.82, 2.24) is 10.9 Å². The first-order valence-electron chi connectivity index (χ1n) is 9.81. The maximum absolute atomic E-state index is 11.1. The van der Waals surface area contributed by atoms with Crippen molar-refractivity contribution in [3.8, 4) is 0 Å². The molecule has 4 unspecified atom stereocenters. The second kappa shape index (κ2) is 7.82. The highest BCUT2D eigenvalue weighted by molar-refractivity contribution is 5.93. The smallest absolute Gasteiger partial charge is 0.307 e. The molecule has 2 aliphatic heterocycles. The topological polar surface area (TPSA) is 83.0 Å². The molecule has 6 heteroatoms. The Hall–Kier alpha value is -2.18. The number of nitrogens with zero attached hydrogens (tertiary/aromatic N) is 1. The van der Waals surface area contributed by atoms with Gasteiger partial charge in [-0.05, 0) is 29.9 Å². The number of rotatable bonds is 7. The Bertz CT molecular complexity index is 768. The van der Waals surface area contributed by atoms with Crippen LogP contribution < -0.4 is 10.9 Å². The summed E-state index contributed by atoms with van der Waals surface area (Å²) in [6.07, 6.45) is 5.40. The largest absolute Gasteiger partial charge is 0.496 e. The standard InChI is InChI=1S/C21H27N3O3/c1-13-9-16(12-22-20(13)19-5-7-23-24-19)27-8-6-14-3-2-4-15(10-14)17-11-18(17)21(25)26/h2-4,10,12-13,17-19,23-24H,5-9,11H2,1H3,(H,25,26). The molecule has 2 heterocycles. The van der Waals surface area contributed by atoms with Gasteiger partial charge in [0.1, 0.15) is 5.76 Å². The SMILES string of the molecule is CC1CC(OCCc2cccc(C3CC3C(=O)O)c2)=CN=C1C1CCNN1. The Labute approximate surface area is 159 Å². The van der Waals surface area contributed by atoms with E-state index in [1.165, 1.54) is 11.3 Å². The number of carbonyl (C=O) groups is 1. The van der Waals surface area contributed by atoms with E-state index in [2.05, 4.69) is 34.9 Å². The van der Waals surface area contributed by atoms with E-state index in [-0.39, 0.29) is 11.8 Å². The van der Waals surface area contributed by atoms with Gasteiger partial charge in [0.25, 0.3) is 0 Å². The van der Waals surface area contributed by atoms with E-state index in [1.54, 1.807) is 0 Å². The number of aliphatic carboxylic acids is 1. The van der Waals surface area contributed by atoms with E-state index in [0.717, 1.165) is 43.6 Å². The number of allylic oxidation sites excluding steroid dienone is 1. The fraction of sp³-hybridized carbons (Fsp3) is 0.524. The van der Waals surface area contributed by atoms with Gasteiger partial charge < -0.3 is 9.84 Å². The lowest BCUT2D eigenvalue weighted by atomic mass is 9.92. The van der Waals surface area contributed by atoms with Crippen molar-refractivity contribution in [2.45, 2.75) is 44.6 Å². The molecule has 1 saturated carbocycles. The zero-order valence-corrected chi connectivity index (χ0v) is 15.6. The van der Waals surface area contributed by atoms with E-state index in [4.69, 9.17) is 9.84 Å². The molecule has 6 nitrogen and oxygen atoms in total. The minimum Gasteiger partial charge on any atom is -0.496 e. The number of hydrogen-bond acceptors (Lipinski definition) is 5. The molecule has 1 aromatic carbocycles. The minimum absolute atomic E-state index is 0.178. The summed E-state index contributed by atoms with van der Waals surface area (Å²) in [5.74, 6) is 0.615. The van der Waals surface area contributed by atoms with Gasteiger partial charge in [-0.2, -0.15) is 0 Å². The number of hydrazine groups is 1. The summed E-state index contributed by atoms with van der Waals surface area (Å²) in [6.45, 7) is 3.80. The highest BCUT2D eigenvalue weighted by Crippen LogP contribution is 2.47. The molecule has 2 fully saturated rings. The fourth-order valence-electron chi connectivity index (χ4n) is 4.08. The summed E-state index contributed by atoms with van der Waals surface area (Å²) >= 11 is 0. The molecule has 0 aromatic heterocycles. The van der Waals surface area contributed by atoms with Crippen LogP contribution in [0.25, 0.3) is 0 Å². The third-order valence-corrected chi connectivity index (χ3v) is 5.73. The van der Waals surface area contributed by atoms with Crippen molar-refractivity contribution in [1.29, 1.82) is 0 Å². The van der Waals surface area contributed by atoms with Gasteiger partial charge >= 0.3 is 5.97 Å². The van der Waals surface area contributed by atoms with Crippen LogP contribution in [0.3, 0.4) is 0 Å². The molecule has 4 atom stereocenters. The molecule has 1 aliphatic carbocycles. The molecular weight excluding hydrogens is 342 g/mol. The van der Waals surface area contributed by atoms with Crippen LogP contribution in [0, 0.1) is 11.8 Å². The van der Waals surface area contributed by atoms with E-state index in [0.29, 0.717) is 18.6 Å². The Morgan fingerprint density at radius 1 is 1.41 bits per heavy atom. The van der Waals surface area contributed by atoms with Crippen molar-refractivity contribution >= 4 is 11.7 Å². The van der Waals surface area contributed by atoms with Crippen LogP contribution in [0.1, 0.15) is 43.2 Å². The lowest BCUT2D eigenvalue weighted by Crippen LogP contribution is -2.39. The zero-order chi connectivity index (χ0) is 18.8. The summed E-state index contributed by atoms with van der Waals surface area (Å²) in [4.78, 5) is 15.7. The lowest BCUT2D eigenvalue weighted by molar-refractivity contribution is -0.138. The van der Waals surface area contributed by atoms with Gasteiger partial charge in [0.2, 0.25) is 0 Å². The van der Waals surface area contributed by atoms with E-state index in [1.807, 2.05) is 18.3 Å². The second-order valence-electron chi connectivity index (χ2n) is 7.80. The summed E-state index contributed by atoms with van der Waals surface area (Å²) in [7, 11) is 0. The lowest BCUT2D eigenvalue weighted by Gasteiger charge is -2.24. The van der Waals surface area contributed by atoms with Crippen molar-refractivity contribution in [3.05, 3.63) is 47.4 Å². The average Bonchev–Trinajstić information content (AvgIpc) is 3.30. The molecule has 1 saturated heterocycles. The van der Waals surface area contributed by atoms with E-state index < -0.39 is 5.97 Å². The number of aliphatic imine (C=N–C) groups is 1. The molecule has 0 spiro atoms. The first kappa shape index (κ1) is 18.2. The molecule has 3 aliphatic rings. The van der Waals surface area contributed by atoms with Crippen LogP contribution >= 0.6 is 0 Å². The average molecular weight is 369 g/mol. The maximum atomic E-state index is 11.1. The molecule has 4 rings (SSSR count). The molecule has 3 N–H and O–H groups in total. The Morgan fingerprint density at radius 3 is 3.00 bits per heavy atom. The van der Waals surface area contributed by atoms with E-state index in [9.17, 15) is 4.79 Å². The zero-order valence-electron chi connectivity index (χ0n) is 15.6. The third-order valence-electron chi connectivity index (χ3n) is 5.73. The molecular formula is C21H27N3O3. The second-order valence-corrected chi connectivity index (χ2v) is 7.80. The van der Waals surface area contributed by atoms with Crippen molar-refractivity contribution in [3.63, 3.8) is 0 Å². The predicted molar refractivity (Wildman–Crippen MR) is 103 cm³/mol. The molecule has 0 amide bonds. The van der Waals surface area contributed by atoms with Crippen LogP contribution in [-0.2, 0) is 16.0 Å². The van der Waals surface area contributed by atoms with Gasteiger partial charge in [-0.1, -0.05) is 31.2 Å². The predicted octanol–water partition coefficient (Wildman–Crippen LogP) is 2.62. The van der Waals surface area contributed by atoms with Gasteiger partial charge in [-0.3, -0.25) is 15.2 Å². The molecule has 144 valence electrons. The van der Waals surface area contributed by atoms with Crippen molar-refractivity contribution in [2.24, 2.45) is 16.8 Å². The first-order valence-corrected chi connectivity index (χ1v) is 9.81. The van der Waals surface area contributed by atoms with Crippen molar-refractivity contribution in [2.75, 3.05) is 13.2 Å². The number of hydrogen-bond donors (Lipinski definition) is 3. The van der Waals surface area contributed by atoms with Gasteiger partial charge in [0, 0.05) is 31.0 Å². The Balaban J connectivity index is 1.29. The van der Waals surface area contributed by atoms with Gasteiger partial charge in [0.15, 0.2) is 0 Å². The van der Waals surface area contributed by atoms with Crippen LogP contribution in [0.4, 0.5) is 0 Å². The molecule has 0 bridgehead atoms. The van der Waals surface area contributed by atoms with E-state index >= 15 is 0 Å². The monoisotopic (exact) mass is 369 g/mol. The highest BCUT2D eigenvalue weighted by atomic mass is 16.5. The molecule has 1 aromatic rings. The highest BCUT2D eigenvalue weighted by Gasteiger charge is 2.44. The van der Waals surface area contributed by atoms with Crippen LogP contribution in [0.15, 0.2) is 41.2 Å². The van der Waals surface area contributed by atoms with Gasteiger partial charge in [-0.15, -0.1) is 0 Å². The van der Waals surface area contributed by atoms with Crippen LogP contribution in [0.5, 0.6) is 0 Å². The van der Waals surface area contributed by atoms with Crippen molar-refractivity contribution < 1.29 is 14.6 Å². The Morgan fingerprint density at radius 2 is 2.30 bits per heavy atom. The number of nitrogens with one attached hydrogen (secondary N) is 2. The number of carboxylic acids is 1. The normalized spacial score (nSPS) is 29.8. The van der Waals surface area contributed by atoms with Crippen LogP contribution in [0.2, 0.25) is 0 Å². The summed E-state index contributed by atoms with van der Waals surface area (Å²) in [6, 6.07) is 8.59. The number of benzene rings is 1. The maximum Gasteiger partial charge on any atom is 0.307 e. The summed E-state index contributed by atoms with van der Waals surface area (Å²) in [5.41, 5.74) is 9.98. The van der Waals surface area contributed by atoms with Gasteiger partial charge in [-0.25, -0.2) is 5.43 Å². The fourth-order valence-corrected chi connectivity index (χ4v) is 4.08. The summed E-state index contributed by atoms with van der Waals surface area (Å²) < 4.78 is 5.97. The third kappa shape index (κ3) is 4.22. The molecule has 27 heavy (non-hydrogen) atoms. The number of ether oxygens (including phenoxy) is 1. The van der Waals surface area contributed by atoms with Crippen LogP contribution in [-0.4, -0.2) is 36.0 Å². The Kier molecular flexibility index (Phi) is 5.27. The summed E-state index contributed by atoms with van der Waals surface area (Å²) in [5, 5.41) is 9.11. The first-order chi connectivity index (χ1) is 13.1. The minimum atomic E-state index is -0.685. The number of carboxylic acid groups (broad SMARTS) is 1. The molecule has 0 radical (unpaired) electrons. The van der Waals surface area contributed by atoms with Gasteiger partial charge in [0.05, 0.1) is 24.8 Å². The quantitative estimate of drug-likeness (QED) is 0.688.